The van der Waals surface area contributed by atoms with Gasteiger partial charge >= 0.3 is 0 Å². The number of anilines is 2. The maximum absolute atomic E-state index is 2.60. The third-order valence-electron chi connectivity index (χ3n) is 13.3. The van der Waals surface area contributed by atoms with Crippen molar-refractivity contribution in [3.8, 4) is 0 Å². The van der Waals surface area contributed by atoms with Crippen molar-refractivity contribution in [2.24, 2.45) is 11.8 Å². The molecule has 0 heterocycles. The van der Waals surface area contributed by atoms with Crippen LogP contribution in [-0.2, 0) is 10.8 Å². The van der Waals surface area contributed by atoms with Crippen LogP contribution in [0.4, 0.5) is 11.4 Å². The van der Waals surface area contributed by atoms with Crippen molar-refractivity contribution >= 4 is 22.5 Å². The first-order valence-corrected chi connectivity index (χ1v) is 18.1. The number of hydrogen-bond donors (Lipinski definition) is 0. The van der Waals surface area contributed by atoms with Gasteiger partial charge in [-0.25, -0.2) is 0 Å². The minimum atomic E-state index is -0.191. The van der Waals surface area contributed by atoms with Crippen LogP contribution in [0, 0.1) is 11.8 Å². The molecule has 4 aromatic carbocycles. The highest BCUT2D eigenvalue weighted by atomic mass is 15.1. The van der Waals surface area contributed by atoms with Crippen LogP contribution in [0.2, 0.25) is 0 Å². The summed E-state index contributed by atoms with van der Waals surface area (Å²) in [7, 11) is 0. The highest BCUT2D eigenvalue weighted by Gasteiger charge is 2.66. The van der Waals surface area contributed by atoms with Crippen molar-refractivity contribution in [2.75, 3.05) is 36.0 Å². The Hall–Kier alpha value is -3.78. The van der Waals surface area contributed by atoms with Crippen molar-refractivity contribution in [2.45, 2.75) is 78.1 Å². The Morgan fingerprint density at radius 1 is 0.478 bits per heavy atom. The summed E-state index contributed by atoms with van der Waals surface area (Å²) < 4.78 is 0. The van der Waals surface area contributed by atoms with Crippen LogP contribution in [0.1, 0.15) is 112 Å². The first-order chi connectivity index (χ1) is 22.3. The largest absolute Gasteiger partial charge is 0.372 e. The second kappa shape index (κ2) is 10.4. The summed E-state index contributed by atoms with van der Waals surface area (Å²) in [4.78, 5) is 5.06. The molecule has 46 heavy (non-hydrogen) atoms. The topological polar surface area (TPSA) is 6.48 Å². The van der Waals surface area contributed by atoms with Gasteiger partial charge in [-0.1, -0.05) is 88.4 Å². The fourth-order valence-electron chi connectivity index (χ4n) is 10.9. The molecule has 0 amide bonds. The van der Waals surface area contributed by atoms with E-state index in [4.69, 9.17) is 0 Å². The Morgan fingerprint density at radius 3 is 1.22 bits per heavy atom. The third kappa shape index (κ3) is 3.33. The molecule has 6 atom stereocenters. The minimum absolute atomic E-state index is 0.191. The third-order valence-corrected chi connectivity index (χ3v) is 13.3. The lowest BCUT2D eigenvalue weighted by molar-refractivity contribution is 0.418. The average molecular weight is 607 g/mol. The summed E-state index contributed by atoms with van der Waals surface area (Å²) in [6.07, 6.45) is 0. The van der Waals surface area contributed by atoms with E-state index in [1.54, 1.807) is 11.1 Å². The van der Waals surface area contributed by atoms with Gasteiger partial charge in [-0.05, 0) is 131 Å². The van der Waals surface area contributed by atoms with Gasteiger partial charge in [-0.2, -0.15) is 0 Å². The number of rotatable bonds is 6. The summed E-state index contributed by atoms with van der Waals surface area (Å²) in [6, 6.07) is 34.0. The van der Waals surface area contributed by atoms with E-state index in [2.05, 4.69) is 150 Å². The fourth-order valence-corrected chi connectivity index (χ4v) is 10.9. The number of benzene rings is 4. The molecular weight excluding hydrogens is 556 g/mol. The van der Waals surface area contributed by atoms with Gasteiger partial charge < -0.3 is 9.80 Å². The molecule has 2 heteroatoms. The lowest BCUT2D eigenvalue weighted by atomic mass is 9.63. The van der Waals surface area contributed by atoms with Crippen LogP contribution in [0.15, 0.2) is 84.9 Å². The molecule has 236 valence electrons. The zero-order chi connectivity index (χ0) is 32.1. The van der Waals surface area contributed by atoms with Gasteiger partial charge in [0.2, 0.25) is 0 Å². The van der Waals surface area contributed by atoms with Crippen molar-refractivity contribution < 1.29 is 0 Å². The Balaban J connectivity index is 1.57. The zero-order valence-electron chi connectivity index (χ0n) is 29.1. The monoisotopic (exact) mass is 606 g/mol. The van der Waals surface area contributed by atoms with Crippen LogP contribution in [0.5, 0.6) is 0 Å². The predicted molar refractivity (Wildman–Crippen MR) is 196 cm³/mol. The highest BCUT2D eigenvalue weighted by Crippen LogP contribution is 2.75. The summed E-state index contributed by atoms with van der Waals surface area (Å²) >= 11 is 0. The molecule has 4 aliphatic rings. The van der Waals surface area contributed by atoms with E-state index in [-0.39, 0.29) is 10.8 Å². The molecule has 0 fully saturated rings. The molecule has 4 aromatic rings. The lowest BCUT2D eigenvalue weighted by Crippen LogP contribution is -2.34. The maximum atomic E-state index is 2.60. The Morgan fingerprint density at radius 2 is 0.848 bits per heavy atom. The van der Waals surface area contributed by atoms with Crippen LogP contribution >= 0.6 is 0 Å². The van der Waals surface area contributed by atoms with Gasteiger partial charge in [-0.15, -0.1) is 0 Å². The quantitative estimate of drug-likeness (QED) is 0.215. The first kappa shape index (κ1) is 29.6. The van der Waals surface area contributed by atoms with E-state index in [9.17, 15) is 0 Å². The second-order valence-corrected chi connectivity index (χ2v) is 14.5. The number of hydrogen-bond acceptors (Lipinski definition) is 2. The molecule has 4 aliphatic carbocycles. The molecule has 0 aliphatic heterocycles. The standard InChI is InChI=1S/C44H50N2/c1-9-45(10-2)31-21-23-39-35(25-31)41-42(43(39)29(7)27(5)33-17-13-15-19-37(33)43)36-26-32(46(11-3)12-4)22-24-40(36)44(41)30(8)28(6)34-18-14-16-20-38(34)44/h13-30H,9-12H2,1-8H3/t27-,28-,29+,30+,43?,44?/m1/s1. The molecule has 0 saturated carbocycles. The summed E-state index contributed by atoms with van der Waals surface area (Å²) in [6.45, 7) is 23.3. The SMILES string of the molecule is CCN(CC)c1ccc2c(c1)C1=C(c3cc(N(CC)CC)ccc3C13c1ccccc1[C@H](C)[C@@H]3C)C21c2ccccc2[C@H](C)[C@@H]1C. The molecule has 0 bridgehead atoms. The molecule has 2 nitrogen and oxygen atoms in total. The van der Waals surface area contributed by atoms with Crippen LogP contribution in [0.3, 0.4) is 0 Å². The average Bonchev–Trinajstić information content (AvgIpc) is 3.71. The van der Waals surface area contributed by atoms with Gasteiger partial charge in [0.05, 0.1) is 10.8 Å². The second-order valence-electron chi connectivity index (χ2n) is 14.5. The van der Waals surface area contributed by atoms with E-state index < -0.39 is 0 Å². The Labute approximate surface area is 277 Å². The van der Waals surface area contributed by atoms with Crippen LogP contribution in [0.25, 0.3) is 11.1 Å². The highest BCUT2D eigenvalue weighted by molar-refractivity contribution is 6.14. The van der Waals surface area contributed by atoms with Crippen molar-refractivity contribution in [3.05, 3.63) is 129 Å². The predicted octanol–water partition coefficient (Wildman–Crippen LogP) is 10.4. The molecule has 0 N–H and O–H groups in total. The molecule has 8 rings (SSSR count). The Bertz CT molecular complexity index is 1750. The van der Waals surface area contributed by atoms with E-state index in [1.807, 2.05) is 0 Å². The minimum Gasteiger partial charge on any atom is -0.372 e. The lowest BCUT2D eigenvalue weighted by Gasteiger charge is -2.39. The van der Waals surface area contributed by atoms with Crippen LogP contribution in [-0.4, -0.2) is 26.2 Å². The number of allylic oxidation sites excluding steroid dienone is 2. The number of fused-ring (bicyclic) bond motifs is 12. The molecule has 2 spiro atoms. The van der Waals surface area contributed by atoms with Gasteiger partial charge in [0.1, 0.15) is 0 Å². The van der Waals surface area contributed by atoms with E-state index in [0.717, 1.165) is 26.2 Å². The van der Waals surface area contributed by atoms with E-state index in [0.29, 0.717) is 23.7 Å². The van der Waals surface area contributed by atoms with Crippen molar-refractivity contribution in [1.29, 1.82) is 0 Å². The molecule has 0 radical (unpaired) electrons. The molecule has 0 saturated heterocycles. The summed E-state index contributed by atoms with van der Waals surface area (Å²) in [5.41, 5.74) is 17.7. The van der Waals surface area contributed by atoms with Gasteiger partial charge in [0, 0.05) is 37.6 Å². The van der Waals surface area contributed by atoms with E-state index >= 15 is 0 Å². The van der Waals surface area contributed by atoms with Crippen molar-refractivity contribution in [1.82, 2.24) is 0 Å². The zero-order valence-corrected chi connectivity index (χ0v) is 29.1. The number of nitrogens with zero attached hydrogens (tertiary/aromatic N) is 2. The van der Waals surface area contributed by atoms with Gasteiger partial charge in [0.25, 0.3) is 0 Å². The van der Waals surface area contributed by atoms with Crippen LogP contribution < -0.4 is 9.80 Å². The van der Waals surface area contributed by atoms with E-state index in [1.165, 1.54) is 55.9 Å². The molecular formula is C44H50N2. The fraction of sp³-hybridized carbons (Fsp3) is 0.409. The summed E-state index contributed by atoms with van der Waals surface area (Å²) in [5.74, 6) is 1.80. The molecule has 0 aromatic heterocycles. The van der Waals surface area contributed by atoms with Gasteiger partial charge in [-0.3, -0.25) is 0 Å². The molecule has 2 unspecified atom stereocenters. The van der Waals surface area contributed by atoms with Crippen molar-refractivity contribution in [3.63, 3.8) is 0 Å². The Kier molecular flexibility index (Phi) is 6.67. The smallest absolute Gasteiger partial charge is 0.0500 e. The summed E-state index contributed by atoms with van der Waals surface area (Å²) in [5, 5.41) is 0. The first-order valence-electron chi connectivity index (χ1n) is 18.1. The van der Waals surface area contributed by atoms with Gasteiger partial charge in [0.15, 0.2) is 0 Å². The maximum Gasteiger partial charge on any atom is 0.0500 e. The normalized spacial score (nSPS) is 28.0.